The lowest BCUT2D eigenvalue weighted by molar-refractivity contribution is 0.0509. The Morgan fingerprint density at radius 1 is 1.00 bits per heavy atom. The van der Waals surface area contributed by atoms with Gasteiger partial charge in [-0.3, -0.25) is 4.79 Å². The van der Waals surface area contributed by atoms with Crippen LogP contribution in [0.1, 0.15) is 81.5 Å². The van der Waals surface area contributed by atoms with Gasteiger partial charge < -0.3 is 19.3 Å². The average Bonchev–Trinajstić information content (AvgIpc) is 3.90. The topological polar surface area (TPSA) is 127 Å². The molecule has 2 fully saturated rings. The van der Waals surface area contributed by atoms with E-state index in [0.29, 0.717) is 30.2 Å². The Hall–Kier alpha value is -4.55. The van der Waals surface area contributed by atoms with Crippen molar-refractivity contribution in [1.82, 2.24) is 19.9 Å². The third-order valence-electron chi connectivity index (χ3n) is 10.7. The number of hydrogen-bond acceptors (Lipinski definition) is 9. The molecule has 1 aliphatic heterocycles. The Kier molecular flexibility index (Phi) is 9.97. The van der Waals surface area contributed by atoms with E-state index in [9.17, 15) is 13.2 Å². The van der Waals surface area contributed by atoms with Gasteiger partial charge in [0.2, 0.25) is 11.8 Å². The molecule has 4 bridgehead atoms. The number of aromatic nitrogens is 3. The number of hydrogen-bond donors (Lipinski definition) is 1. The summed E-state index contributed by atoms with van der Waals surface area (Å²) in [5, 5.41) is 0. The first-order valence-corrected chi connectivity index (χ1v) is 19.9. The SMILES string of the molecule is COCCN(c1cccc(CN2C(=O)c3cccc(c3)S(=O)(=O)Nc3nc(cc(-c4c(C)cccc4C)n3)OC[C@H]2CC(C)(C)C)n1)C1CC2(CC2)C1.[HH]. The number of ether oxygens (including phenoxy) is 2. The van der Waals surface area contributed by atoms with Crippen LogP contribution in [0.25, 0.3) is 11.3 Å². The van der Waals surface area contributed by atoms with Crippen molar-refractivity contribution in [3.8, 4) is 17.1 Å². The third kappa shape index (κ3) is 8.18. The molecule has 53 heavy (non-hydrogen) atoms. The van der Waals surface area contributed by atoms with E-state index >= 15 is 0 Å². The minimum Gasteiger partial charge on any atom is -0.475 e. The van der Waals surface area contributed by atoms with Crippen LogP contribution in [0.15, 0.2) is 71.6 Å². The van der Waals surface area contributed by atoms with E-state index in [1.807, 2.05) is 50.2 Å². The van der Waals surface area contributed by atoms with Crippen LogP contribution in [0.4, 0.5) is 11.8 Å². The second-order valence-corrected chi connectivity index (χ2v) is 17.9. The van der Waals surface area contributed by atoms with E-state index in [0.717, 1.165) is 34.7 Å². The predicted octanol–water partition coefficient (Wildman–Crippen LogP) is 7.44. The number of fused-ring (bicyclic) bond motifs is 4. The number of pyridine rings is 1. The van der Waals surface area contributed by atoms with Crippen LogP contribution in [0.5, 0.6) is 5.88 Å². The summed E-state index contributed by atoms with van der Waals surface area (Å²) in [7, 11) is -2.46. The molecule has 2 aromatic heterocycles. The van der Waals surface area contributed by atoms with E-state index in [4.69, 9.17) is 14.5 Å². The second kappa shape index (κ2) is 14.4. The maximum absolute atomic E-state index is 14.7. The molecule has 1 atom stereocenters. The van der Waals surface area contributed by atoms with Crippen molar-refractivity contribution >= 4 is 27.7 Å². The number of carbonyl (C=O) groups excluding carboxylic acids is 1. The Bertz CT molecular complexity index is 2090. The lowest BCUT2D eigenvalue weighted by Crippen LogP contribution is -2.48. The van der Waals surface area contributed by atoms with Crippen LogP contribution in [0.2, 0.25) is 0 Å². The van der Waals surface area contributed by atoms with Crippen molar-refractivity contribution in [2.24, 2.45) is 10.8 Å². The first-order valence-electron chi connectivity index (χ1n) is 18.5. The fraction of sp³-hybridized carbons (Fsp3) is 0.463. The van der Waals surface area contributed by atoms with Gasteiger partial charge in [0.15, 0.2) is 0 Å². The zero-order chi connectivity index (χ0) is 37.5. The maximum Gasteiger partial charge on any atom is 0.264 e. The van der Waals surface area contributed by atoms with Crippen molar-refractivity contribution in [2.45, 2.75) is 90.2 Å². The zero-order valence-electron chi connectivity index (χ0n) is 31.6. The minimum atomic E-state index is -4.18. The summed E-state index contributed by atoms with van der Waals surface area (Å²) in [5.41, 5.74) is 4.68. The minimum absolute atomic E-state index is 0. The van der Waals surface area contributed by atoms with Crippen molar-refractivity contribution in [2.75, 3.05) is 36.5 Å². The monoisotopic (exact) mass is 740 g/mol. The van der Waals surface area contributed by atoms with Crippen LogP contribution in [-0.4, -0.2) is 73.1 Å². The molecule has 12 heteroatoms. The molecule has 3 aliphatic rings. The summed E-state index contributed by atoms with van der Waals surface area (Å²) in [5.74, 6) is 0.647. The molecule has 0 unspecified atom stereocenters. The Morgan fingerprint density at radius 2 is 1.72 bits per heavy atom. The molecule has 0 radical (unpaired) electrons. The van der Waals surface area contributed by atoms with E-state index < -0.39 is 16.1 Å². The summed E-state index contributed by atoms with van der Waals surface area (Å²) in [6.45, 7) is 12.0. The Labute approximate surface area is 314 Å². The third-order valence-corrected chi connectivity index (χ3v) is 12.0. The molecule has 2 aromatic carbocycles. The molecular formula is C41H52N6O5S. The van der Waals surface area contributed by atoms with E-state index in [2.05, 4.69) is 40.4 Å². The van der Waals surface area contributed by atoms with Crippen LogP contribution in [0.3, 0.4) is 0 Å². The van der Waals surface area contributed by atoms with Gasteiger partial charge in [-0.25, -0.2) is 23.1 Å². The van der Waals surface area contributed by atoms with Gasteiger partial charge in [-0.15, -0.1) is 0 Å². The standard InChI is InChI=1S/C41H50N6O5S.H2/c1-27-10-7-11-28(2)37(27)34-21-36-44-39(43-34)45-53(49,50)33-14-8-12-29(20-33)38(48)47(32(26-52-36)22-40(3,4)5)25-30-13-9-15-35(42-30)46(18-19-51-6)31-23-41(24-31)16-17-41;/h7-15,20-21,31-32H,16-19,22-26H2,1-6H3,(H,43,44,45);1H/t32-;/m1./s1. The maximum atomic E-state index is 14.7. The number of anilines is 2. The largest absolute Gasteiger partial charge is 0.475 e. The molecule has 0 saturated heterocycles. The number of benzene rings is 2. The molecule has 1 N–H and O–H groups in total. The molecular weight excluding hydrogens is 689 g/mol. The number of carbonyl (C=O) groups is 1. The number of methoxy groups -OCH3 is 1. The second-order valence-electron chi connectivity index (χ2n) is 16.2. The number of aryl methyl sites for hydroxylation is 2. The van der Waals surface area contributed by atoms with Crippen LogP contribution in [0, 0.1) is 24.7 Å². The summed E-state index contributed by atoms with van der Waals surface area (Å²) < 4.78 is 42.1. The molecule has 1 amide bonds. The van der Waals surface area contributed by atoms with E-state index in [1.165, 1.54) is 37.8 Å². The van der Waals surface area contributed by atoms with Crippen molar-refractivity contribution < 1.29 is 24.1 Å². The molecule has 1 spiro atoms. The van der Waals surface area contributed by atoms with Crippen molar-refractivity contribution in [3.05, 3.63) is 89.1 Å². The van der Waals surface area contributed by atoms with E-state index in [1.54, 1.807) is 30.2 Å². The van der Waals surface area contributed by atoms with Gasteiger partial charge in [-0.2, -0.15) is 4.98 Å². The summed E-state index contributed by atoms with van der Waals surface area (Å²) in [6.07, 6.45) is 5.56. The normalized spacial score (nSPS) is 19.2. The zero-order valence-corrected chi connectivity index (χ0v) is 32.4. The molecule has 4 aromatic rings. The number of amides is 1. The highest BCUT2D eigenvalue weighted by Gasteiger charge is 2.54. The smallest absolute Gasteiger partial charge is 0.264 e. The lowest BCUT2D eigenvalue weighted by Gasteiger charge is -2.44. The average molecular weight is 741 g/mol. The van der Waals surface area contributed by atoms with Crippen molar-refractivity contribution in [3.63, 3.8) is 0 Å². The fourth-order valence-electron chi connectivity index (χ4n) is 7.86. The van der Waals surface area contributed by atoms with Crippen molar-refractivity contribution in [1.29, 1.82) is 0 Å². The number of nitrogens with one attached hydrogen (secondary N) is 1. The van der Waals surface area contributed by atoms with E-state index in [-0.39, 0.29) is 48.2 Å². The van der Waals surface area contributed by atoms with Crippen LogP contribution in [-0.2, 0) is 21.3 Å². The highest BCUT2D eigenvalue weighted by molar-refractivity contribution is 7.92. The first kappa shape index (κ1) is 36.8. The Morgan fingerprint density at radius 3 is 2.42 bits per heavy atom. The molecule has 2 saturated carbocycles. The van der Waals surface area contributed by atoms with Gasteiger partial charge >= 0.3 is 0 Å². The van der Waals surface area contributed by atoms with Gasteiger partial charge in [0.1, 0.15) is 12.4 Å². The quantitative estimate of drug-likeness (QED) is 0.186. The molecule has 7 rings (SSSR count). The van der Waals surface area contributed by atoms with Gasteiger partial charge in [-0.1, -0.05) is 51.1 Å². The highest BCUT2D eigenvalue weighted by Crippen LogP contribution is 2.62. The first-order chi connectivity index (χ1) is 25.2. The predicted molar refractivity (Wildman–Crippen MR) is 208 cm³/mol. The molecule has 2 aliphatic carbocycles. The number of rotatable bonds is 9. The Balaban J connectivity index is 0.00000497. The highest BCUT2D eigenvalue weighted by atomic mass is 32.2. The molecule has 3 heterocycles. The summed E-state index contributed by atoms with van der Waals surface area (Å²) in [6, 6.07) is 19.8. The van der Waals surface area contributed by atoms with Gasteiger partial charge in [0.05, 0.1) is 35.5 Å². The van der Waals surface area contributed by atoms with Gasteiger partial charge in [0.25, 0.3) is 15.9 Å². The lowest BCUT2D eigenvalue weighted by atomic mass is 9.76. The summed E-state index contributed by atoms with van der Waals surface area (Å²) in [4.78, 5) is 33.1. The van der Waals surface area contributed by atoms with Crippen LogP contribution < -0.4 is 14.4 Å². The number of sulfonamides is 1. The van der Waals surface area contributed by atoms with Gasteiger partial charge in [-0.05, 0) is 98.2 Å². The molecule has 11 nitrogen and oxygen atoms in total. The van der Waals surface area contributed by atoms with Crippen LogP contribution >= 0.6 is 0 Å². The number of nitrogens with zero attached hydrogens (tertiary/aromatic N) is 5. The van der Waals surface area contributed by atoms with Gasteiger partial charge in [0, 0.05) is 38.3 Å². The fourth-order valence-corrected chi connectivity index (χ4v) is 8.84. The summed E-state index contributed by atoms with van der Waals surface area (Å²) >= 11 is 0. The molecule has 282 valence electrons.